The first kappa shape index (κ1) is 13.1. The van der Waals surface area contributed by atoms with E-state index < -0.39 is 22.7 Å². The van der Waals surface area contributed by atoms with E-state index in [-0.39, 0.29) is 10.9 Å². The molecule has 0 fully saturated rings. The largest absolute Gasteiger partial charge is 0.506 e. The van der Waals surface area contributed by atoms with Crippen molar-refractivity contribution in [3.8, 4) is 5.75 Å². The van der Waals surface area contributed by atoms with Gasteiger partial charge in [0.1, 0.15) is 16.7 Å². The lowest BCUT2D eigenvalue weighted by Gasteiger charge is -2.12. The van der Waals surface area contributed by atoms with Gasteiger partial charge in [0, 0.05) is 19.8 Å². The average molecular weight is 262 g/mol. The molecule has 0 aliphatic rings. The number of nitrogens with zero attached hydrogens (tertiary/aromatic N) is 2. The van der Waals surface area contributed by atoms with E-state index in [0.29, 0.717) is 11.2 Å². The van der Waals surface area contributed by atoms with Crippen molar-refractivity contribution in [1.82, 2.24) is 9.13 Å². The molecule has 2 aromatic heterocycles. The summed E-state index contributed by atoms with van der Waals surface area (Å²) in [6, 6.07) is 1.63. The van der Waals surface area contributed by atoms with Crippen LogP contribution in [0, 0.1) is 6.92 Å². The monoisotopic (exact) mass is 262 g/mol. The van der Waals surface area contributed by atoms with E-state index in [9.17, 15) is 19.5 Å². The normalized spacial score (nSPS) is 10.9. The number of pyridine rings is 2. The number of Topliss-reactive ketones (excluding diaryl/α,β-unsaturated/α-hetero) is 1. The van der Waals surface area contributed by atoms with Crippen LogP contribution in [0.4, 0.5) is 0 Å². The van der Waals surface area contributed by atoms with E-state index in [2.05, 4.69) is 0 Å². The van der Waals surface area contributed by atoms with Gasteiger partial charge < -0.3 is 14.2 Å². The Labute approximate surface area is 108 Å². The zero-order valence-electron chi connectivity index (χ0n) is 11.1. The lowest BCUT2D eigenvalue weighted by Crippen LogP contribution is -2.28. The summed E-state index contributed by atoms with van der Waals surface area (Å²) < 4.78 is 2.57. The summed E-state index contributed by atoms with van der Waals surface area (Å²) >= 11 is 0. The van der Waals surface area contributed by atoms with Crippen LogP contribution in [0.5, 0.6) is 5.75 Å². The molecular weight excluding hydrogens is 248 g/mol. The summed E-state index contributed by atoms with van der Waals surface area (Å²) in [6.07, 6.45) is 0. The Morgan fingerprint density at radius 1 is 1.16 bits per heavy atom. The standard InChI is InChI=1S/C13H14N2O4/c1-6-5-8-10(13(19)14(6)3)11(17)9(7(2)16)12(18)15(8)4/h5,17H,1-4H3. The van der Waals surface area contributed by atoms with Crippen molar-refractivity contribution in [2.24, 2.45) is 14.1 Å². The molecule has 0 saturated carbocycles. The number of hydrogen-bond acceptors (Lipinski definition) is 4. The zero-order valence-corrected chi connectivity index (χ0v) is 11.1. The Bertz CT molecular complexity index is 827. The molecule has 0 aliphatic heterocycles. The SMILES string of the molecule is CC(=O)c1c(O)c2c(=O)n(C)c(C)cc2n(C)c1=O. The quantitative estimate of drug-likeness (QED) is 0.757. The van der Waals surface area contributed by atoms with Gasteiger partial charge in [-0.05, 0) is 19.9 Å². The van der Waals surface area contributed by atoms with Gasteiger partial charge in [-0.25, -0.2) is 0 Å². The fourth-order valence-corrected chi connectivity index (χ4v) is 2.11. The molecular formula is C13H14N2O4. The highest BCUT2D eigenvalue weighted by atomic mass is 16.3. The first-order valence-electron chi connectivity index (χ1n) is 5.70. The van der Waals surface area contributed by atoms with E-state index in [4.69, 9.17) is 0 Å². The van der Waals surface area contributed by atoms with Gasteiger partial charge in [0.15, 0.2) is 5.78 Å². The molecule has 6 nitrogen and oxygen atoms in total. The molecule has 1 N–H and O–H groups in total. The molecule has 0 atom stereocenters. The Morgan fingerprint density at radius 2 is 1.74 bits per heavy atom. The second-order valence-corrected chi connectivity index (χ2v) is 4.55. The molecule has 2 aromatic rings. The van der Waals surface area contributed by atoms with Crippen LogP contribution in [0.1, 0.15) is 23.0 Å². The molecule has 2 heterocycles. The molecule has 0 amide bonds. The van der Waals surface area contributed by atoms with Crippen LogP contribution in [0.15, 0.2) is 15.7 Å². The minimum atomic E-state index is -0.606. The number of aromatic nitrogens is 2. The van der Waals surface area contributed by atoms with E-state index in [1.165, 1.54) is 23.1 Å². The smallest absolute Gasteiger partial charge is 0.265 e. The first-order valence-corrected chi connectivity index (χ1v) is 5.70. The molecule has 0 aliphatic carbocycles. The van der Waals surface area contributed by atoms with Crippen molar-refractivity contribution in [3.05, 3.63) is 38.0 Å². The van der Waals surface area contributed by atoms with E-state index in [0.717, 1.165) is 0 Å². The summed E-state index contributed by atoms with van der Waals surface area (Å²) in [6.45, 7) is 2.90. The molecule has 19 heavy (non-hydrogen) atoms. The van der Waals surface area contributed by atoms with Crippen LogP contribution in [-0.2, 0) is 14.1 Å². The number of aromatic hydroxyl groups is 1. The Kier molecular flexibility index (Phi) is 2.81. The molecule has 6 heteroatoms. The van der Waals surface area contributed by atoms with Gasteiger partial charge in [0.05, 0.1) is 5.52 Å². The zero-order chi connectivity index (χ0) is 14.5. The number of hydrogen-bond donors (Lipinski definition) is 1. The number of ketones is 1. The molecule has 0 bridgehead atoms. The third-order valence-corrected chi connectivity index (χ3v) is 3.35. The predicted octanol–water partition coefficient (Wildman–Crippen LogP) is 0.454. The number of rotatable bonds is 1. The molecule has 100 valence electrons. The van der Waals surface area contributed by atoms with Gasteiger partial charge in [-0.3, -0.25) is 14.4 Å². The van der Waals surface area contributed by atoms with Gasteiger partial charge in [-0.1, -0.05) is 0 Å². The van der Waals surface area contributed by atoms with Crippen molar-refractivity contribution in [1.29, 1.82) is 0 Å². The van der Waals surface area contributed by atoms with Crippen LogP contribution in [0.2, 0.25) is 0 Å². The third kappa shape index (κ3) is 1.68. The maximum absolute atomic E-state index is 12.2. The molecule has 0 radical (unpaired) electrons. The van der Waals surface area contributed by atoms with Crippen molar-refractivity contribution in [2.75, 3.05) is 0 Å². The first-order chi connectivity index (χ1) is 8.77. The lowest BCUT2D eigenvalue weighted by atomic mass is 10.1. The Hall–Kier alpha value is -2.37. The van der Waals surface area contributed by atoms with E-state index >= 15 is 0 Å². The van der Waals surface area contributed by atoms with Gasteiger partial charge in [0.2, 0.25) is 0 Å². The van der Waals surface area contributed by atoms with Crippen LogP contribution >= 0.6 is 0 Å². The molecule has 0 spiro atoms. The number of fused-ring (bicyclic) bond motifs is 1. The van der Waals surface area contributed by atoms with Crippen LogP contribution in [0.3, 0.4) is 0 Å². The second kappa shape index (κ2) is 4.08. The highest BCUT2D eigenvalue weighted by Gasteiger charge is 2.21. The predicted molar refractivity (Wildman–Crippen MR) is 70.8 cm³/mol. The fraction of sp³-hybridized carbons (Fsp3) is 0.308. The number of carbonyl (C=O) groups excluding carboxylic acids is 1. The molecule has 0 aromatic carbocycles. The number of aryl methyl sites for hydroxylation is 2. The van der Waals surface area contributed by atoms with E-state index in [1.54, 1.807) is 20.0 Å². The molecule has 0 unspecified atom stereocenters. The van der Waals surface area contributed by atoms with Gasteiger partial charge >= 0.3 is 0 Å². The van der Waals surface area contributed by atoms with E-state index in [1.807, 2.05) is 0 Å². The summed E-state index contributed by atoms with van der Waals surface area (Å²) in [5.41, 5.74) is -0.428. The van der Waals surface area contributed by atoms with Crippen molar-refractivity contribution in [2.45, 2.75) is 13.8 Å². The highest BCUT2D eigenvalue weighted by Crippen LogP contribution is 2.23. The van der Waals surface area contributed by atoms with Gasteiger partial charge in [-0.15, -0.1) is 0 Å². The van der Waals surface area contributed by atoms with Crippen LogP contribution in [0.25, 0.3) is 10.9 Å². The van der Waals surface area contributed by atoms with Gasteiger partial charge in [0.25, 0.3) is 11.1 Å². The topological polar surface area (TPSA) is 81.3 Å². The highest BCUT2D eigenvalue weighted by molar-refractivity contribution is 6.02. The maximum Gasteiger partial charge on any atom is 0.265 e. The molecule has 0 saturated heterocycles. The van der Waals surface area contributed by atoms with Crippen LogP contribution < -0.4 is 11.1 Å². The van der Waals surface area contributed by atoms with Gasteiger partial charge in [-0.2, -0.15) is 0 Å². The summed E-state index contributed by atoms with van der Waals surface area (Å²) in [4.78, 5) is 35.7. The third-order valence-electron chi connectivity index (χ3n) is 3.35. The number of carbonyl (C=O) groups is 1. The summed E-state index contributed by atoms with van der Waals surface area (Å²) in [5.74, 6) is -1.10. The summed E-state index contributed by atoms with van der Waals surface area (Å²) in [7, 11) is 3.03. The molecule has 2 rings (SSSR count). The fourth-order valence-electron chi connectivity index (χ4n) is 2.11. The Balaban J connectivity index is 3.23. The minimum Gasteiger partial charge on any atom is -0.506 e. The maximum atomic E-state index is 12.2. The summed E-state index contributed by atoms with van der Waals surface area (Å²) in [5, 5.41) is 10.1. The van der Waals surface area contributed by atoms with Crippen molar-refractivity contribution < 1.29 is 9.90 Å². The second-order valence-electron chi connectivity index (χ2n) is 4.55. The average Bonchev–Trinajstić information content (AvgIpc) is 2.32. The van der Waals surface area contributed by atoms with Crippen molar-refractivity contribution in [3.63, 3.8) is 0 Å². The van der Waals surface area contributed by atoms with Crippen LogP contribution in [-0.4, -0.2) is 20.0 Å². The lowest BCUT2D eigenvalue weighted by molar-refractivity contribution is 0.101. The minimum absolute atomic E-state index is 0.0135. The Morgan fingerprint density at radius 3 is 2.26 bits per heavy atom. The van der Waals surface area contributed by atoms with Crippen molar-refractivity contribution >= 4 is 16.7 Å².